The first-order valence-corrected chi connectivity index (χ1v) is 26.7. The summed E-state index contributed by atoms with van der Waals surface area (Å²) >= 11 is 0. The molecule has 1 aliphatic heterocycles. The molecule has 72 heavy (non-hydrogen) atoms. The number of aromatic hydroxyl groups is 1. The second-order valence-electron chi connectivity index (χ2n) is 17.1. The van der Waals surface area contributed by atoms with E-state index in [1.165, 1.54) is 24.3 Å². The fourth-order valence-electron chi connectivity index (χ4n) is 6.99. The van der Waals surface area contributed by atoms with Gasteiger partial charge in [-0.25, -0.2) is 4.79 Å². The highest BCUT2D eigenvalue weighted by Crippen LogP contribution is 2.24. The van der Waals surface area contributed by atoms with E-state index in [1.54, 1.807) is 74.5 Å². The number of nitrogens with two attached hydrogens (primary N) is 2. The first-order chi connectivity index (χ1) is 34.2. The highest BCUT2D eigenvalue weighted by atomic mass is 33.1. The van der Waals surface area contributed by atoms with Gasteiger partial charge in [0, 0.05) is 24.3 Å². The Morgan fingerprint density at radius 2 is 1.31 bits per heavy atom. The van der Waals surface area contributed by atoms with E-state index in [9.17, 15) is 62.1 Å². The number of benzene rings is 3. The van der Waals surface area contributed by atoms with E-state index in [-0.39, 0.29) is 49.5 Å². The smallest absolute Gasteiger partial charge is 0.326 e. The molecule has 1 fully saturated rings. The highest BCUT2D eigenvalue weighted by molar-refractivity contribution is 8.76. The van der Waals surface area contributed by atoms with Gasteiger partial charge in [0.2, 0.25) is 29.5 Å². The van der Waals surface area contributed by atoms with E-state index in [4.69, 9.17) is 11.5 Å². The van der Waals surface area contributed by atoms with Crippen LogP contribution in [0.15, 0.2) is 84.9 Å². The summed E-state index contributed by atoms with van der Waals surface area (Å²) < 4.78 is 32.2. The minimum Gasteiger partial charge on any atom is -0.508 e. The molecule has 14 N–H and O–H groups in total. The van der Waals surface area contributed by atoms with Crippen LogP contribution in [0.5, 0.6) is 5.75 Å². The number of amides is 6. The molecular weight excluding hydrogens is 997 g/mol. The van der Waals surface area contributed by atoms with E-state index >= 15 is 0 Å². The molecule has 0 aliphatic carbocycles. The Kier molecular flexibility index (Phi) is 23.2. The summed E-state index contributed by atoms with van der Waals surface area (Å²) in [5, 5.41) is 41.9. The molecule has 3 aromatic rings. The lowest BCUT2D eigenvalue weighted by molar-refractivity contribution is -0.143. The van der Waals surface area contributed by atoms with Crippen molar-refractivity contribution in [2.45, 2.75) is 101 Å². The van der Waals surface area contributed by atoms with Crippen LogP contribution in [0, 0.1) is 5.92 Å². The molecule has 23 nitrogen and oxygen atoms in total. The number of rotatable bonds is 18. The maximum atomic E-state index is 14.6. The molecule has 1 aliphatic rings. The number of nitrogens with zero attached hydrogens (tertiary/aromatic N) is 1. The number of phenols is 1. The van der Waals surface area contributed by atoms with Gasteiger partial charge >= 0.3 is 11.9 Å². The van der Waals surface area contributed by atoms with Crippen LogP contribution < -0.4 is 48.2 Å². The van der Waals surface area contributed by atoms with Gasteiger partial charge in [0.1, 0.15) is 42.0 Å². The van der Waals surface area contributed by atoms with Crippen molar-refractivity contribution in [1.29, 1.82) is 0 Å². The third kappa shape index (κ3) is 19.0. The summed E-state index contributed by atoms with van der Waals surface area (Å²) in [7, 11) is -3.16. The standard InChI is InChI=1S/C46H62N10O13S3/c1-27(2)39(46(66)67)53-44(64)37-26-71-70-25-36(51-40(60)32(48)23-38(58)59)43(63)50-35(21-28-11-5-3-6-12-28)45(65)54-56(24-30-13-7-4-8-14-30)72(68,69)55-33(15-9-10-20-47)41(61)49-34(42(62)52-37)22-29-16-18-31(57)19-17-29/h3-8,11-14,16-19,27,32-37,39,55,57H,9-10,15,20-26,47-48H2,1-2H3,(H,49,61)(H,50,63)(H,51,60)(H,52,62)(H,53,64)(H,54,65)(H,58,59)(H,66,67)/t32-,33-,34-,35-,36-,37-,39-/m0/s1. The van der Waals surface area contributed by atoms with Crippen LogP contribution in [0.25, 0.3) is 0 Å². The van der Waals surface area contributed by atoms with E-state index in [1.807, 2.05) is 0 Å². The Labute approximate surface area is 424 Å². The van der Waals surface area contributed by atoms with Gasteiger partial charge in [-0.3, -0.25) is 39.0 Å². The van der Waals surface area contributed by atoms with Gasteiger partial charge < -0.3 is 53.4 Å². The second kappa shape index (κ2) is 28.7. The highest BCUT2D eigenvalue weighted by Gasteiger charge is 2.37. The molecule has 4 rings (SSSR count). The number of hydrazine groups is 1. The number of carbonyl (C=O) groups excluding carboxylic acids is 6. The molecule has 0 radical (unpaired) electrons. The molecule has 392 valence electrons. The van der Waals surface area contributed by atoms with Gasteiger partial charge in [0.25, 0.3) is 16.1 Å². The van der Waals surface area contributed by atoms with Gasteiger partial charge in [-0.2, -0.15) is 13.1 Å². The number of carbonyl (C=O) groups is 8. The zero-order valence-corrected chi connectivity index (χ0v) is 42.0. The summed E-state index contributed by atoms with van der Waals surface area (Å²) in [5.74, 6) is -10.1. The van der Waals surface area contributed by atoms with Crippen LogP contribution in [-0.4, -0.2) is 136 Å². The Bertz CT molecular complexity index is 2440. The van der Waals surface area contributed by atoms with E-state index in [0.717, 1.165) is 21.6 Å². The van der Waals surface area contributed by atoms with E-state index in [2.05, 4.69) is 36.7 Å². The number of hydrogen-bond acceptors (Lipinski definition) is 15. The van der Waals surface area contributed by atoms with Crippen LogP contribution in [0.2, 0.25) is 0 Å². The zero-order valence-electron chi connectivity index (χ0n) is 39.5. The number of phenolic OH excluding ortho intramolecular Hbond substituents is 1. The molecule has 6 amide bonds. The van der Waals surface area contributed by atoms with Crippen LogP contribution in [0.4, 0.5) is 0 Å². The van der Waals surface area contributed by atoms with E-state index in [0.29, 0.717) is 27.5 Å². The number of hydrogen-bond donors (Lipinski definition) is 12. The Morgan fingerprint density at radius 3 is 1.89 bits per heavy atom. The predicted molar refractivity (Wildman–Crippen MR) is 268 cm³/mol. The molecule has 7 atom stereocenters. The van der Waals surface area contributed by atoms with Crippen LogP contribution in [0.3, 0.4) is 0 Å². The number of carboxylic acid groups (broad SMARTS) is 2. The van der Waals surface area contributed by atoms with Crippen molar-refractivity contribution in [3.63, 3.8) is 0 Å². The number of aliphatic carboxylic acids is 2. The Balaban J connectivity index is 1.88. The van der Waals surface area contributed by atoms with Crippen molar-refractivity contribution in [3.05, 3.63) is 102 Å². The third-order valence-corrected chi connectivity index (χ3v) is 14.8. The second-order valence-corrected chi connectivity index (χ2v) is 21.3. The molecule has 0 bridgehead atoms. The molecule has 3 aromatic carbocycles. The topological polar surface area (TPSA) is 371 Å². The van der Waals surface area contributed by atoms with Crippen LogP contribution >= 0.6 is 21.6 Å². The number of unbranched alkanes of at least 4 members (excludes halogenated alkanes) is 1. The lowest BCUT2D eigenvalue weighted by Crippen LogP contribution is -2.62. The fourth-order valence-corrected chi connectivity index (χ4v) is 10.6. The van der Waals surface area contributed by atoms with Crippen molar-refractivity contribution in [1.82, 2.24) is 41.1 Å². The Hall–Kier alpha value is -6.29. The molecule has 0 aromatic heterocycles. The number of carboxylic acids is 2. The van der Waals surface area contributed by atoms with Gasteiger partial charge in [-0.1, -0.05) is 119 Å². The lowest BCUT2D eigenvalue weighted by Gasteiger charge is -2.30. The summed E-state index contributed by atoms with van der Waals surface area (Å²) in [5.41, 5.74) is 15.3. The summed E-state index contributed by atoms with van der Waals surface area (Å²) in [6.45, 7) is 2.77. The fraction of sp³-hybridized carbons (Fsp3) is 0.435. The normalized spacial score (nSPS) is 21.7. The average molecular weight is 1060 g/mol. The van der Waals surface area contributed by atoms with Gasteiger partial charge in [0.05, 0.1) is 19.0 Å². The van der Waals surface area contributed by atoms with Gasteiger partial charge in [0.15, 0.2) is 0 Å². The SMILES string of the molecule is CC(C)[C@H](NC(=O)[C@@H]1CSSC[C@H](NC(=O)[C@@H](N)CC(=O)O)C(=O)N[C@@H](Cc2ccccc2)C(=O)NN(Cc2ccccc2)S(=O)(=O)N[C@@H](CCCCN)C(=O)N[C@@H](Cc2ccc(O)cc2)C(=O)N1)C(=O)O. The van der Waals surface area contributed by atoms with Gasteiger partial charge in [-0.15, -0.1) is 0 Å². The summed E-state index contributed by atoms with van der Waals surface area (Å²) in [6.07, 6.45) is -0.903. The molecule has 1 saturated heterocycles. The molecular formula is C46H62N10O13S3. The lowest BCUT2D eigenvalue weighted by atomic mass is 10.0. The van der Waals surface area contributed by atoms with Crippen LogP contribution in [-0.2, 0) is 68.0 Å². The predicted octanol–water partition coefficient (Wildman–Crippen LogP) is -0.596. The van der Waals surface area contributed by atoms with Crippen LogP contribution in [0.1, 0.15) is 56.2 Å². The van der Waals surface area contributed by atoms with Crippen molar-refractivity contribution < 1.29 is 62.1 Å². The minimum absolute atomic E-state index is 0.108. The summed E-state index contributed by atoms with van der Waals surface area (Å²) in [4.78, 5) is 109. The molecule has 0 spiro atoms. The average Bonchev–Trinajstić information content (AvgIpc) is 3.33. The maximum Gasteiger partial charge on any atom is 0.326 e. The molecule has 0 saturated carbocycles. The first-order valence-electron chi connectivity index (χ1n) is 22.8. The number of nitrogens with one attached hydrogen (secondary N) is 7. The zero-order chi connectivity index (χ0) is 53.0. The molecule has 26 heteroatoms. The third-order valence-electron chi connectivity index (χ3n) is 11.0. The van der Waals surface area contributed by atoms with Crippen molar-refractivity contribution in [2.75, 3.05) is 18.1 Å². The van der Waals surface area contributed by atoms with E-state index < -0.39 is 119 Å². The van der Waals surface area contributed by atoms with Crippen molar-refractivity contribution in [3.8, 4) is 5.75 Å². The molecule has 1 heterocycles. The maximum absolute atomic E-state index is 14.6. The quantitative estimate of drug-likeness (QED) is 0.0559. The largest absolute Gasteiger partial charge is 0.508 e. The minimum atomic E-state index is -4.97. The van der Waals surface area contributed by atoms with Crippen molar-refractivity contribution in [2.24, 2.45) is 17.4 Å². The first kappa shape index (κ1) is 58.3. The van der Waals surface area contributed by atoms with Crippen molar-refractivity contribution >= 4 is 79.2 Å². The Morgan fingerprint density at radius 1 is 0.750 bits per heavy atom. The monoisotopic (exact) mass is 1060 g/mol. The van der Waals surface area contributed by atoms with Gasteiger partial charge in [-0.05, 0) is 54.1 Å². The summed E-state index contributed by atoms with van der Waals surface area (Å²) in [6, 6.07) is 11.2. The molecule has 0 unspecified atom stereocenters.